The van der Waals surface area contributed by atoms with Crippen molar-refractivity contribution >= 4 is 0 Å². The number of rotatable bonds is 4. The maximum absolute atomic E-state index is 13.8. The Balaban J connectivity index is 1.51. The Morgan fingerprint density at radius 2 is 2.00 bits per heavy atom. The molecule has 2 fully saturated rings. The highest BCUT2D eigenvalue weighted by Crippen LogP contribution is 2.24. The van der Waals surface area contributed by atoms with E-state index in [4.69, 9.17) is 0 Å². The molecule has 24 heavy (non-hydrogen) atoms. The largest absolute Gasteiger partial charge is 0.299 e. The summed E-state index contributed by atoms with van der Waals surface area (Å²) in [6.45, 7) is 5.47. The molecule has 0 N–H and O–H groups in total. The fourth-order valence-electron chi connectivity index (χ4n) is 4.14. The van der Waals surface area contributed by atoms with Gasteiger partial charge in [-0.1, -0.05) is 0 Å². The summed E-state index contributed by atoms with van der Waals surface area (Å²) in [4.78, 5) is 5.13. The first-order valence-corrected chi connectivity index (χ1v) is 9.04. The lowest BCUT2D eigenvalue weighted by molar-refractivity contribution is 0.110. The van der Waals surface area contributed by atoms with Gasteiger partial charge in [0.15, 0.2) is 0 Å². The van der Waals surface area contributed by atoms with Crippen LogP contribution < -0.4 is 0 Å². The summed E-state index contributed by atoms with van der Waals surface area (Å²) < 4.78 is 15.6. The molecule has 4 rings (SSSR count). The minimum atomic E-state index is -0.172. The summed E-state index contributed by atoms with van der Waals surface area (Å²) in [5.41, 5.74) is 1.99. The number of aromatic nitrogens is 2. The molecule has 1 atom stereocenters. The van der Waals surface area contributed by atoms with Crippen LogP contribution in [0.25, 0.3) is 5.69 Å². The van der Waals surface area contributed by atoms with Gasteiger partial charge in [-0.2, -0.15) is 5.10 Å². The van der Waals surface area contributed by atoms with Crippen LogP contribution in [0.5, 0.6) is 0 Å². The Labute approximate surface area is 142 Å². The lowest BCUT2D eigenvalue weighted by Gasteiger charge is -2.37. The summed E-state index contributed by atoms with van der Waals surface area (Å²) in [6.07, 6.45) is 8.88. The molecule has 2 aliphatic rings. The smallest absolute Gasteiger partial charge is 0.123 e. The van der Waals surface area contributed by atoms with E-state index in [2.05, 4.69) is 14.9 Å². The van der Waals surface area contributed by atoms with Gasteiger partial charge in [-0.15, -0.1) is 0 Å². The van der Waals surface area contributed by atoms with Crippen LogP contribution in [-0.2, 0) is 6.54 Å². The van der Waals surface area contributed by atoms with Gasteiger partial charge in [-0.25, -0.2) is 9.07 Å². The average Bonchev–Trinajstić information content (AvgIpc) is 3.29. The summed E-state index contributed by atoms with van der Waals surface area (Å²) in [6, 6.07) is 7.58. The third-order valence-electron chi connectivity index (χ3n) is 5.32. The van der Waals surface area contributed by atoms with Crippen molar-refractivity contribution in [1.82, 2.24) is 19.6 Å². The molecule has 3 heterocycles. The fourth-order valence-corrected chi connectivity index (χ4v) is 4.14. The molecule has 1 aromatic heterocycles. The zero-order valence-electron chi connectivity index (χ0n) is 14.1. The molecular formula is C19H25FN4. The molecule has 128 valence electrons. The Morgan fingerprint density at radius 3 is 2.79 bits per heavy atom. The minimum Gasteiger partial charge on any atom is -0.299 e. The fraction of sp³-hybridized carbons (Fsp3) is 0.526. The highest BCUT2D eigenvalue weighted by atomic mass is 19.1. The molecule has 0 radical (unpaired) electrons. The maximum Gasteiger partial charge on any atom is 0.123 e. The molecule has 0 bridgehead atoms. The zero-order valence-corrected chi connectivity index (χ0v) is 14.1. The lowest BCUT2D eigenvalue weighted by Crippen LogP contribution is -2.46. The van der Waals surface area contributed by atoms with Gasteiger partial charge >= 0.3 is 0 Å². The van der Waals surface area contributed by atoms with E-state index >= 15 is 0 Å². The first-order valence-electron chi connectivity index (χ1n) is 9.04. The van der Waals surface area contributed by atoms with Crippen molar-refractivity contribution in [3.63, 3.8) is 0 Å². The molecule has 2 aromatic rings. The van der Waals surface area contributed by atoms with Gasteiger partial charge in [0.05, 0.1) is 5.69 Å². The van der Waals surface area contributed by atoms with Crippen LogP contribution in [0.1, 0.15) is 31.2 Å². The molecule has 5 heteroatoms. The molecule has 0 saturated carbocycles. The average molecular weight is 328 g/mol. The second-order valence-corrected chi connectivity index (χ2v) is 7.00. The van der Waals surface area contributed by atoms with Gasteiger partial charge in [0.1, 0.15) is 5.82 Å². The van der Waals surface area contributed by atoms with Gasteiger partial charge in [0, 0.05) is 31.5 Å². The minimum absolute atomic E-state index is 0.172. The number of piperidine rings is 1. The molecular weight excluding hydrogens is 303 g/mol. The quantitative estimate of drug-likeness (QED) is 0.862. The van der Waals surface area contributed by atoms with Crippen molar-refractivity contribution in [2.75, 3.05) is 26.2 Å². The number of hydrogen-bond acceptors (Lipinski definition) is 3. The predicted octanol–water partition coefficient (Wildman–Crippen LogP) is 3.07. The van der Waals surface area contributed by atoms with Crippen LogP contribution in [-0.4, -0.2) is 51.8 Å². The van der Waals surface area contributed by atoms with E-state index in [0.29, 0.717) is 6.04 Å². The van der Waals surface area contributed by atoms with Crippen molar-refractivity contribution in [3.05, 3.63) is 48.0 Å². The van der Waals surface area contributed by atoms with E-state index in [0.717, 1.165) is 30.9 Å². The van der Waals surface area contributed by atoms with E-state index in [1.165, 1.54) is 44.8 Å². The van der Waals surface area contributed by atoms with Crippen molar-refractivity contribution < 1.29 is 4.39 Å². The van der Waals surface area contributed by atoms with Gasteiger partial charge in [0.25, 0.3) is 0 Å². The highest BCUT2D eigenvalue weighted by Gasteiger charge is 2.27. The van der Waals surface area contributed by atoms with Crippen molar-refractivity contribution in [2.45, 2.75) is 38.3 Å². The maximum atomic E-state index is 13.8. The van der Waals surface area contributed by atoms with Crippen molar-refractivity contribution in [1.29, 1.82) is 0 Å². The molecule has 0 aliphatic carbocycles. The van der Waals surface area contributed by atoms with Crippen LogP contribution in [0.2, 0.25) is 0 Å². The zero-order chi connectivity index (χ0) is 16.4. The summed E-state index contributed by atoms with van der Waals surface area (Å²) in [5, 5.41) is 4.32. The first kappa shape index (κ1) is 15.8. The number of benzene rings is 1. The summed E-state index contributed by atoms with van der Waals surface area (Å²) >= 11 is 0. The monoisotopic (exact) mass is 328 g/mol. The van der Waals surface area contributed by atoms with E-state index < -0.39 is 0 Å². The predicted molar refractivity (Wildman–Crippen MR) is 92.6 cm³/mol. The Morgan fingerprint density at radius 1 is 1.12 bits per heavy atom. The number of hydrogen-bond donors (Lipinski definition) is 0. The van der Waals surface area contributed by atoms with Crippen LogP contribution >= 0.6 is 0 Å². The molecule has 1 unspecified atom stereocenters. The SMILES string of the molecule is Fc1ccc(-n2cccn2)c(CN2CCCC(N3CCCC3)C2)c1. The molecule has 2 aliphatic heterocycles. The standard InChI is InChI=1S/C19H25FN4/c20-17-6-7-19(24-12-4-8-21-24)16(13-17)14-22-9-3-5-18(15-22)23-10-1-2-11-23/h4,6-8,12-13,18H,1-3,5,9-11,14-15H2. The third kappa shape index (κ3) is 3.37. The molecule has 0 amide bonds. The summed E-state index contributed by atoms with van der Waals surface area (Å²) in [5.74, 6) is -0.172. The van der Waals surface area contributed by atoms with Crippen LogP contribution in [0, 0.1) is 5.82 Å². The number of halogens is 1. The highest BCUT2D eigenvalue weighted by molar-refractivity contribution is 5.40. The summed E-state index contributed by atoms with van der Waals surface area (Å²) in [7, 11) is 0. The Kier molecular flexibility index (Phi) is 4.63. The Hall–Kier alpha value is -1.72. The van der Waals surface area contributed by atoms with Crippen LogP contribution in [0.4, 0.5) is 4.39 Å². The van der Waals surface area contributed by atoms with Crippen LogP contribution in [0.3, 0.4) is 0 Å². The van der Waals surface area contributed by atoms with Gasteiger partial charge < -0.3 is 0 Å². The van der Waals surface area contributed by atoms with E-state index in [9.17, 15) is 4.39 Å². The lowest BCUT2D eigenvalue weighted by atomic mass is 10.0. The van der Waals surface area contributed by atoms with Gasteiger partial charge in [0.2, 0.25) is 0 Å². The second-order valence-electron chi connectivity index (χ2n) is 7.00. The molecule has 4 nitrogen and oxygen atoms in total. The van der Waals surface area contributed by atoms with Crippen molar-refractivity contribution in [3.8, 4) is 5.69 Å². The van der Waals surface area contributed by atoms with E-state index in [-0.39, 0.29) is 5.82 Å². The van der Waals surface area contributed by atoms with E-state index in [1.807, 2.05) is 23.0 Å². The number of nitrogens with zero attached hydrogens (tertiary/aromatic N) is 4. The number of likely N-dealkylation sites (tertiary alicyclic amines) is 2. The molecule has 0 spiro atoms. The topological polar surface area (TPSA) is 24.3 Å². The molecule has 1 aromatic carbocycles. The second kappa shape index (κ2) is 7.03. The third-order valence-corrected chi connectivity index (χ3v) is 5.32. The van der Waals surface area contributed by atoms with Gasteiger partial charge in [-0.3, -0.25) is 9.80 Å². The normalized spacial score (nSPS) is 23.0. The van der Waals surface area contributed by atoms with E-state index in [1.54, 1.807) is 12.3 Å². The van der Waals surface area contributed by atoms with Crippen molar-refractivity contribution in [2.24, 2.45) is 0 Å². The Bertz CT molecular complexity index is 664. The molecule has 2 saturated heterocycles. The first-order chi connectivity index (χ1) is 11.8. The van der Waals surface area contributed by atoms with Crippen LogP contribution in [0.15, 0.2) is 36.7 Å². The van der Waals surface area contributed by atoms with Gasteiger partial charge in [-0.05, 0) is 75.1 Å².